The zero-order valence-electron chi connectivity index (χ0n) is 22.8. The van der Waals surface area contributed by atoms with Gasteiger partial charge in [-0.15, -0.1) is 0 Å². The van der Waals surface area contributed by atoms with E-state index in [1.165, 1.54) is 47.2 Å². The van der Waals surface area contributed by atoms with Crippen molar-refractivity contribution in [1.82, 2.24) is 0 Å². The topological polar surface area (TPSA) is 45.0 Å². The van der Waals surface area contributed by atoms with E-state index < -0.39 is 0 Å². The molecule has 38 heavy (non-hydrogen) atoms. The molecule has 0 amide bonds. The minimum Gasteiger partial charge on any atom is -0.400 e. The Bertz CT molecular complexity index is 1330. The van der Waals surface area contributed by atoms with E-state index in [0.29, 0.717) is 24.2 Å². The van der Waals surface area contributed by atoms with Crippen LogP contribution in [0.3, 0.4) is 0 Å². The molecule has 0 radical (unpaired) electrons. The lowest BCUT2D eigenvalue weighted by atomic mass is 9.71. The van der Waals surface area contributed by atoms with Gasteiger partial charge in [-0.05, 0) is 109 Å². The summed E-state index contributed by atoms with van der Waals surface area (Å²) in [5, 5.41) is 7.00. The van der Waals surface area contributed by atoms with Crippen LogP contribution in [0.25, 0.3) is 0 Å². The van der Waals surface area contributed by atoms with Crippen LogP contribution >= 0.6 is 15.9 Å². The molecule has 1 N–H and O–H groups in total. The van der Waals surface area contributed by atoms with Gasteiger partial charge in [-0.2, -0.15) is 0 Å². The van der Waals surface area contributed by atoms with E-state index in [9.17, 15) is 4.39 Å². The molecule has 1 heterocycles. The Balaban J connectivity index is 0.00000164. The molecule has 0 aromatic heterocycles. The van der Waals surface area contributed by atoms with Crippen molar-refractivity contribution in [2.75, 3.05) is 14.2 Å². The number of fused-ring (bicyclic) bond motifs is 5. The maximum Gasteiger partial charge on any atom is 0.127 e. The predicted molar refractivity (Wildman–Crippen MR) is 161 cm³/mol. The van der Waals surface area contributed by atoms with Crippen molar-refractivity contribution >= 4 is 33.5 Å². The van der Waals surface area contributed by atoms with Gasteiger partial charge in [0.2, 0.25) is 0 Å². The van der Waals surface area contributed by atoms with E-state index in [2.05, 4.69) is 71.2 Å². The quantitative estimate of drug-likeness (QED) is 0.304. The van der Waals surface area contributed by atoms with Crippen LogP contribution in [-0.2, 0) is 12.8 Å². The van der Waals surface area contributed by atoms with Crippen molar-refractivity contribution in [2.45, 2.75) is 64.2 Å². The van der Waals surface area contributed by atoms with Gasteiger partial charge in [0.1, 0.15) is 5.82 Å². The van der Waals surface area contributed by atoms with Crippen molar-refractivity contribution in [3.8, 4) is 0 Å². The van der Waals surface area contributed by atoms with E-state index in [1.807, 2.05) is 25.4 Å². The molecule has 3 aromatic carbocycles. The largest absolute Gasteiger partial charge is 0.400 e. The normalized spacial score (nSPS) is 20.6. The highest BCUT2D eigenvalue weighted by molar-refractivity contribution is 9.10. The molecule has 0 saturated heterocycles. The Morgan fingerprint density at radius 3 is 2.53 bits per heavy atom. The van der Waals surface area contributed by atoms with Crippen LogP contribution in [0.2, 0.25) is 0 Å². The van der Waals surface area contributed by atoms with Crippen molar-refractivity contribution in [3.63, 3.8) is 0 Å². The summed E-state index contributed by atoms with van der Waals surface area (Å²) in [6.45, 7) is 4.52. The molecule has 2 aliphatic rings. The van der Waals surface area contributed by atoms with Gasteiger partial charge in [-0.3, -0.25) is 9.98 Å². The Morgan fingerprint density at radius 2 is 1.76 bits per heavy atom. The molecular formula is C33H38BrFN2O. The summed E-state index contributed by atoms with van der Waals surface area (Å²) in [7, 11) is 2.81. The van der Waals surface area contributed by atoms with Crippen molar-refractivity contribution in [1.29, 1.82) is 0 Å². The molecular weight excluding hydrogens is 539 g/mol. The summed E-state index contributed by atoms with van der Waals surface area (Å²) in [4.78, 5) is 9.50. The van der Waals surface area contributed by atoms with Gasteiger partial charge >= 0.3 is 0 Å². The maximum atomic E-state index is 14.7. The number of hydrogen-bond donors (Lipinski definition) is 1. The number of aliphatic hydroxyl groups is 1. The number of rotatable bonds is 5. The molecule has 200 valence electrons. The van der Waals surface area contributed by atoms with E-state index >= 15 is 0 Å². The molecule has 3 nitrogen and oxygen atoms in total. The van der Waals surface area contributed by atoms with Crippen molar-refractivity contribution in [2.24, 2.45) is 15.9 Å². The zero-order chi connectivity index (χ0) is 27.2. The first-order chi connectivity index (χ1) is 18.4. The van der Waals surface area contributed by atoms with Crippen LogP contribution in [0.15, 0.2) is 69.1 Å². The number of benzene rings is 3. The van der Waals surface area contributed by atoms with Crippen LogP contribution in [0, 0.1) is 18.7 Å². The highest BCUT2D eigenvalue weighted by Crippen LogP contribution is 2.49. The van der Waals surface area contributed by atoms with Gasteiger partial charge in [-0.1, -0.05) is 65.2 Å². The average Bonchev–Trinajstić information content (AvgIpc) is 3.02. The van der Waals surface area contributed by atoms with Crippen LogP contribution in [0.5, 0.6) is 0 Å². The standard InChI is InChI=1S/C32H34BrFN2.CH4O/c1-20-7-14-31-29(15-20)27-6-4-5-21(2)32(36-31)18-28(27)26-13-8-22(19-35-3)16-24(26)10-9-23-11-12-25(33)17-30(23)34;1-2/h7-8,11-17,19,21,27-28H,4-6,9-10,18H2,1-3H3;2H,1H3. The number of aliphatic hydroxyl groups excluding tert-OH is 1. The van der Waals surface area contributed by atoms with Gasteiger partial charge in [0.25, 0.3) is 0 Å². The Labute approximate surface area is 235 Å². The first-order valence-electron chi connectivity index (χ1n) is 13.5. The van der Waals surface area contributed by atoms with E-state index in [-0.39, 0.29) is 5.82 Å². The fraction of sp³-hybridized carbons (Fsp3) is 0.394. The van der Waals surface area contributed by atoms with Gasteiger partial charge < -0.3 is 5.11 Å². The second kappa shape index (κ2) is 12.9. The van der Waals surface area contributed by atoms with Gasteiger partial charge in [0, 0.05) is 30.6 Å². The average molecular weight is 578 g/mol. The predicted octanol–water partition coefficient (Wildman–Crippen LogP) is 8.50. The first kappa shape index (κ1) is 28.4. The number of hydrogen-bond acceptors (Lipinski definition) is 3. The Hall–Kier alpha value is -2.63. The van der Waals surface area contributed by atoms with Crippen LogP contribution in [-0.4, -0.2) is 31.2 Å². The third kappa shape index (κ3) is 6.32. The lowest BCUT2D eigenvalue weighted by molar-refractivity contribution is 0.399. The number of halogens is 2. The van der Waals surface area contributed by atoms with Crippen molar-refractivity contribution < 1.29 is 9.50 Å². The summed E-state index contributed by atoms with van der Waals surface area (Å²) in [5.41, 5.74) is 9.73. The summed E-state index contributed by atoms with van der Waals surface area (Å²) >= 11 is 3.38. The summed E-state index contributed by atoms with van der Waals surface area (Å²) < 4.78 is 15.4. The second-order valence-electron chi connectivity index (χ2n) is 10.5. The summed E-state index contributed by atoms with van der Waals surface area (Å²) in [6, 6.07) is 18.9. The molecule has 3 aromatic rings. The SMILES string of the molecule is CN=Cc1ccc(C2CC3=Nc4ccc(C)cc4C2CCCC3C)c(CCc2ccc(Br)cc2F)c1.CO. The van der Waals surface area contributed by atoms with Crippen LogP contribution in [0.4, 0.5) is 10.1 Å². The molecule has 3 unspecified atom stereocenters. The molecule has 0 spiro atoms. The van der Waals surface area contributed by atoms with Crippen LogP contribution in [0.1, 0.15) is 77.8 Å². The molecule has 3 atom stereocenters. The molecule has 1 aliphatic carbocycles. The fourth-order valence-electron chi connectivity index (χ4n) is 6.09. The van der Waals surface area contributed by atoms with Gasteiger partial charge in [-0.25, -0.2) is 4.39 Å². The molecule has 5 heteroatoms. The van der Waals surface area contributed by atoms with E-state index in [1.54, 1.807) is 6.07 Å². The van der Waals surface area contributed by atoms with Gasteiger partial charge in [0.05, 0.1) is 5.69 Å². The molecule has 2 bridgehead atoms. The van der Waals surface area contributed by atoms with E-state index in [4.69, 9.17) is 10.1 Å². The summed E-state index contributed by atoms with van der Waals surface area (Å²) in [5.74, 6) is 1.15. The highest BCUT2D eigenvalue weighted by atomic mass is 79.9. The smallest absolute Gasteiger partial charge is 0.127 e. The number of aliphatic imine (C=N–C) groups is 2. The number of nitrogens with zero attached hydrogens (tertiary/aromatic N) is 2. The molecule has 1 aliphatic heterocycles. The lowest BCUT2D eigenvalue weighted by Crippen LogP contribution is -2.22. The fourth-order valence-corrected chi connectivity index (χ4v) is 6.42. The third-order valence-corrected chi connectivity index (χ3v) is 8.50. The minimum atomic E-state index is -0.147. The number of aryl methyl sites for hydroxylation is 3. The monoisotopic (exact) mass is 576 g/mol. The Kier molecular flexibility index (Phi) is 9.67. The maximum absolute atomic E-state index is 14.7. The second-order valence-corrected chi connectivity index (χ2v) is 11.4. The molecule has 1 fully saturated rings. The minimum absolute atomic E-state index is 0.147. The highest BCUT2D eigenvalue weighted by Gasteiger charge is 2.35. The lowest BCUT2D eigenvalue weighted by Gasteiger charge is -2.32. The van der Waals surface area contributed by atoms with E-state index in [0.717, 1.165) is 41.2 Å². The molecule has 1 saturated carbocycles. The molecule has 5 rings (SSSR count). The Morgan fingerprint density at radius 1 is 0.974 bits per heavy atom. The zero-order valence-corrected chi connectivity index (χ0v) is 24.4. The van der Waals surface area contributed by atoms with Gasteiger partial charge in [0.15, 0.2) is 0 Å². The van der Waals surface area contributed by atoms with Crippen LogP contribution < -0.4 is 0 Å². The summed E-state index contributed by atoms with van der Waals surface area (Å²) in [6.07, 6.45) is 7.96. The van der Waals surface area contributed by atoms with Crippen molar-refractivity contribution in [3.05, 3.63) is 98.3 Å². The first-order valence-corrected chi connectivity index (χ1v) is 14.3. The third-order valence-electron chi connectivity index (χ3n) is 8.01.